The molecule has 8 nitrogen and oxygen atoms in total. The molecule has 0 saturated carbocycles. The van der Waals surface area contributed by atoms with Crippen molar-refractivity contribution >= 4 is 28.5 Å². The number of anilines is 1. The Morgan fingerprint density at radius 1 is 1.27 bits per heavy atom. The van der Waals surface area contributed by atoms with E-state index in [1.54, 1.807) is 18.8 Å². The van der Waals surface area contributed by atoms with Gasteiger partial charge in [-0.15, -0.1) is 5.10 Å². The number of aromatic nitrogens is 3. The van der Waals surface area contributed by atoms with Crippen molar-refractivity contribution in [1.82, 2.24) is 20.1 Å². The lowest BCUT2D eigenvalue weighted by molar-refractivity contribution is -0.116. The summed E-state index contributed by atoms with van der Waals surface area (Å²) in [5.74, 6) is -0.958. The molecule has 158 valence electrons. The van der Waals surface area contributed by atoms with Crippen molar-refractivity contribution in [3.63, 3.8) is 0 Å². The minimum Gasteiger partial charge on any atom is -0.479 e. The molecular weight excluding hydrogens is 389 g/mol. The minimum absolute atomic E-state index is 0.125. The monoisotopic (exact) mass is 413 g/mol. The zero-order chi connectivity index (χ0) is 22.0. The second kappa shape index (κ2) is 8.48. The first kappa shape index (κ1) is 21.2. The molecule has 1 aromatic carbocycles. The van der Waals surface area contributed by atoms with E-state index in [-0.39, 0.29) is 17.9 Å². The lowest BCUT2D eigenvalue weighted by atomic mass is 10.00. The molecule has 0 aliphatic rings. The van der Waals surface area contributed by atoms with Crippen molar-refractivity contribution in [2.24, 2.45) is 7.05 Å². The van der Waals surface area contributed by atoms with Crippen LogP contribution in [0.3, 0.4) is 0 Å². The van der Waals surface area contributed by atoms with E-state index in [1.807, 2.05) is 13.8 Å². The second-order valence-corrected chi connectivity index (χ2v) is 6.95. The number of aryl methyl sites for hydroxylation is 3. The van der Waals surface area contributed by atoms with Crippen molar-refractivity contribution in [3.05, 3.63) is 46.4 Å². The summed E-state index contributed by atoms with van der Waals surface area (Å²) in [6.45, 7) is 3.86. The number of rotatable bonds is 6. The van der Waals surface area contributed by atoms with Crippen LogP contribution in [0.2, 0.25) is 0 Å². The standard InChI is InChI=1S/C21H24FN5O3/c1-11-14(12(2)24-19-18(11)21(30-5)26-27(19)4)7-9-17(28)25-13-6-8-16(22)15(10-13)20(29)23-3/h6,8,10H,7,9H2,1-5H3,(H,23,29)(H,25,28). The summed E-state index contributed by atoms with van der Waals surface area (Å²) >= 11 is 0. The molecule has 3 aromatic rings. The SMILES string of the molecule is CNC(=O)c1cc(NC(=O)CCc2c(C)nc3c(c(OC)nn3C)c2C)ccc1F. The highest BCUT2D eigenvalue weighted by atomic mass is 19.1. The van der Waals surface area contributed by atoms with Crippen LogP contribution in [-0.2, 0) is 18.3 Å². The molecule has 0 aliphatic carbocycles. The van der Waals surface area contributed by atoms with Crippen LogP contribution < -0.4 is 15.4 Å². The van der Waals surface area contributed by atoms with Crippen LogP contribution in [0, 0.1) is 19.7 Å². The van der Waals surface area contributed by atoms with Gasteiger partial charge < -0.3 is 15.4 Å². The van der Waals surface area contributed by atoms with E-state index >= 15 is 0 Å². The molecule has 0 atom stereocenters. The maximum Gasteiger partial charge on any atom is 0.254 e. The molecule has 30 heavy (non-hydrogen) atoms. The zero-order valence-corrected chi connectivity index (χ0v) is 17.6. The maximum atomic E-state index is 13.8. The molecule has 0 saturated heterocycles. The first-order valence-corrected chi connectivity index (χ1v) is 9.45. The number of methoxy groups -OCH3 is 1. The van der Waals surface area contributed by atoms with E-state index in [4.69, 9.17) is 4.74 Å². The van der Waals surface area contributed by atoms with Crippen LogP contribution in [0.25, 0.3) is 11.0 Å². The minimum atomic E-state index is -0.650. The lowest BCUT2D eigenvalue weighted by Crippen LogP contribution is -2.20. The molecular formula is C21H24FN5O3. The van der Waals surface area contributed by atoms with Gasteiger partial charge in [0.25, 0.3) is 5.91 Å². The Kier molecular flexibility index (Phi) is 6.00. The number of carbonyl (C=O) groups excluding carboxylic acids is 2. The molecule has 0 aliphatic heterocycles. The van der Waals surface area contributed by atoms with Gasteiger partial charge in [0.2, 0.25) is 11.8 Å². The Bertz CT molecular complexity index is 1140. The van der Waals surface area contributed by atoms with Gasteiger partial charge in [-0.2, -0.15) is 0 Å². The number of hydrogen-bond donors (Lipinski definition) is 2. The van der Waals surface area contributed by atoms with E-state index in [1.165, 1.54) is 19.2 Å². The molecule has 2 aromatic heterocycles. The number of halogens is 1. The molecule has 2 amide bonds. The van der Waals surface area contributed by atoms with Gasteiger partial charge in [0.1, 0.15) is 5.82 Å². The van der Waals surface area contributed by atoms with Crippen molar-refractivity contribution in [1.29, 1.82) is 0 Å². The van der Waals surface area contributed by atoms with E-state index in [0.717, 1.165) is 33.9 Å². The van der Waals surface area contributed by atoms with E-state index in [9.17, 15) is 14.0 Å². The summed E-state index contributed by atoms with van der Waals surface area (Å²) in [6.07, 6.45) is 0.665. The Hall–Kier alpha value is -3.49. The third-order valence-electron chi connectivity index (χ3n) is 5.04. The first-order valence-electron chi connectivity index (χ1n) is 9.45. The van der Waals surface area contributed by atoms with Gasteiger partial charge in [-0.25, -0.2) is 14.1 Å². The number of fused-ring (bicyclic) bond motifs is 1. The lowest BCUT2D eigenvalue weighted by Gasteiger charge is -2.12. The Morgan fingerprint density at radius 3 is 2.67 bits per heavy atom. The normalized spacial score (nSPS) is 10.9. The topological polar surface area (TPSA) is 98.1 Å². The summed E-state index contributed by atoms with van der Waals surface area (Å²) in [4.78, 5) is 28.8. The number of nitrogens with zero attached hydrogens (tertiary/aromatic N) is 3. The molecule has 3 rings (SSSR count). The molecule has 2 N–H and O–H groups in total. The fourth-order valence-corrected chi connectivity index (χ4v) is 3.48. The fourth-order valence-electron chi connectivity index (χ4n) is 3.48. The molecule has 0 spiro atoms. The number of benzene rings is 1. The number of pyridine rings is 1. The van der Waals surface area contributed by atoms with Gasteiger partial charge in [0, 0.05) is 31.9 Å². The highest BCUT2D eigenvalue weighted by molar-refractivity contribution is 5.97. The zero-order valence-electron chi connectivity index (χ0n) is 17.6. The summed E-state index contributed by atoms with van der Waals surface area (Å²) in [7, 11) is 4.78. The van der Waals surface area contributed by atoms with Gasteiger partial charge in [0.05, 0.1) is 18.1 Å². The number of nitrogens with one attached hydrogen (secondary N) is 2. The third-order valence-corrected chi connectivity index (χ3v) is 5.04. The van der Waals surface area contributed by atoms with Crippen molar-refractivity contribution in [3.8, 4) is 5.88 Å². The molecule has 0 radical (unpaired) electrons. The number of hydrogen-bond acceptors (Lipinski definition) is 5. The van der Waals surface area contributed by atoms with Gasteiger partial charge >= 0.3 is 0 Å². The number of ether oxygens (including phenoxy) is 1. The van der Waals surface area contributed by atoms with Crippen LogP contribution in [0.5, 0.6) is 5.88 Å². The number of carbonyl (C=O) groups is 2. The van der Waals surface area contributed by atoms with E-state index in [2.05, 4.69) is 20.7 Å². The Labute approximate surface area is 173 Å². The fraction of sp³-hybridized carbons (Fsp3) is 0.333. The second-order valence-electron chi connectivity index (χ2n) is 6.95. The largest absolute Gasteiger partial charge is 0.479 e. The van der Waals surface area contributed by atoms with Crippen molar-refractivity contribution in [2.45, 2.75) is 26.7 Å². The summed E-state index contributed by atoms with van der Waals surface area (Å²) in [5.41, 5.74) is 3.70. The van der Waals surface area contributed by atoms with Crippen LogP contribution >= 0.6 is 0 Å². The molecule has 0 fully saturated rings. The molecule has 2 heterocycles. The third kappa shape index (κ3) is 3.96. The maximum absolute atomic E-state index is 13.8. The average Bonchev–Trinajstić information content (AvgIpc) is 3.04. The van der Waals surface area contributed by atoms with Crippen LogP contribution in [-0.4, -0.2) is 40.7 Å². The van der Waals surface area contributed by atoms with Gasteiger partial charge in [-0.05, 0) is 49.6 Å². The number of amides is 2. The molecule has 0 bridgehead atoms. The van der Waals surface area contributed by atoms with E-state index < -0.39 is 11.7 Å². The first-order chi connectivity index (χ1) is 14.3. The Balaban J connectivity index is 1.78. The Morgan fingerprint density at radius 2 is 2.00 bits per heavy atom. The highest BCUT2D eigenvalue weighted by Crippen LogP contribution is 2.30. The molecule has 0 unspecified atom stereocenters. The smallest absolute Gasteiger partial charge is 0.254 e. The van der Waals surface area contributed by atoms with Crippen LogP contribution in [0.4, 0.5) is 10.1 Å². The van der Waals surface area contributed by atoms with Gasteiger partial charge in [0.15, 0.2) is 5.65 Å². The van der Waals surface area contributed by atoms with Gasteiger partial charge in [-0.1, -0.05) is 0 Å². The van der Waals surface area contributed by atoms with Crippen LogP contribution in [0.15, 0.2) is 18.2 Å². The van der Waals surface area contributed by atoms with Crippen LogP contribution in [0.1, 0.15) is 33.6 Å². The summed E-state index contributed by atoms with van der Waals surface area (Å²) < 4.78 is 20.8. The van der Waals surface area contributed by atoms with Crippen molar-refractivity contribution in [2.75, 3.05) is 19.5 Å². The summed E-state index contributed by atoms with van der Waals surface area (Å²) in [5, 5.41) is 10.2. The van der Waals surface area contributed by atoms with Gasteiger partial charge in [-0.3, -0.25) is 9.59 Å². The molecule has 9 heteroatoms. The summed E-state index contributed by atoms with van der Waals surface area (Å²) in [6, 6.07) is 3.89. The van der Waals surface area contributed by atoms with E-state index in [0.29, 0.717) is 18.0 Å². The average molecular weight is 413 g/mol. The predicted molar refractivity (Wildman–Crippen MR) is 111 cm³/mol. The highest BCUT2D eigenvalue weighted by Gasteiger charge is 2.19. The quantitative estimate of drug-likeness (QED) is 0.647. The predicted octanol–water partition coefficient (Wildman–Crippen LogP) is 2.66. The van der Waals surface area contributed by atoms with Crippen molar-refractivity contribution < 1.29 is 18.7 Å².